The zero-order valence-electron chi connectivity index (χ0n) is 16.9. The van der Waals surface area contributed by atoms with Crippen molar-refractivity contribution in [2.75, 3.05) is 27.4 Å². The Bertz CT molecular complexity index is 552. The van der Waals surface area contributed by atoms with E-state index in [4.69, 9.17) is 23.7 Å². The highest BCUT2D eigenvalue weighted by atomic mass is 16.7. The molecule has 0 bridgehead atoms. The van der Waals surface area contributed by atoms with Crippen molar-refractivity contribution in [1.82, 2.24) is 0 Å². The Morgan fingerprint density at radius 1 is 0.931 bits per heavy atom. The summed E-state index contributed by atoms with van der Waals surface area (Å²) in [4.78, 5) is 0. The Labute approximate surface area is 170 Å². The summed E-state index contributed by atoms with van der Waals surface area (Å²) in [5, 5.41) is 41.9. The molecule has 3 heterocycles. The minimum Gasteiger partial charge on any atom is -0.394 e. The lowest BCUT2D eigenvalue weighted by Crippen LogP contribution is -3.03. The number of hydrogen-bond acceptors (Lipinski definition) is 9. The standard InChI is InChI=1S/C19H33NO9/c1-25-16-8-3-4-10(17(26-2)12(8)20-18-9(16)5-6-27-18)28-19-15(24)14(23)13(22)11(7-21)29-19/h8-24H,3-7H2,1-2H3/p+1/t8?,9?,10?,11-,12?,13+,14+,15+,16?,17?,18?,19-/m0/s1. The van der Waals surface area contributed by atoms with Gasteiger partial charge < -0.3 is 49.4 Å². The molecule has 1 aliphatic carbocycles. The fourth-order valence-corrected chi connectivity index (χ4v) is 5.71. The predicted octanol–water partition coefficient (Wildman–Crippen LogP) is -3.08. The summed E-state index contributed by atoms with van der Waals surface area (Å²) in [6, 6.07) is 0.0629. The van der Waals surface area contributed by atoms with Crippen LogP contribution in [0.2, 0.25) is 0 Å². The Morgan fingerprint density at radius 3 is 2.38 bits per heavy atom. The minimum atomic E-state index is -1.46. The molecule has 12 atom stereocenters. The first kappa shape index (κ1) is 21.8. The molecule has 4 fully saturated rings. The number of methoxy groups -OCH3 is 2. The summed E-state index contributed by atoms with van der Waals surface area (Å²) < 4.78 is 29.2. The molecule has 4 aliphatic rings. The van der Waals surface area contributed by atoms with Crippen LogP contribution in [-0.4, -0.2) is 109 Å². The second kappa shape index (κ2) is 8.99. The van der Waals surface area contributed by atoms with Crippen LogP contribution in [0.15, 0.2) is 0 Å². The first-order chi connectivity index (χ1) is 14.0. The molecule has 0 spiro atoms. The first-order valence-corrected chi connectivity index (χ1v) is 10.5. The number of aliphatic hydroxyl groups excluding tert-OH is 4. The molecule has 10 nitrogen and oxygen atoms in total. The highest BCUT2D eigenvalue weighted by Gasteiger charge is 2.57. The van der Waals surface area contributed by atoms with E-state index in [0.717, 1.165) is 19.4 Å². The third-order valence-electron chi connectivity index (χ3n) is 7.17. The van der Waals surface area contributed by atoms with Gasteiger partial charge in [0.2, 0.25) is 0 Å². The summed E-state index contributed by atoms with van der Waals surface area (Å²) in [7, 11) is 3.38. The molecule has 168 valence electrons. The maximum absolute atomic E-state index is 10.3. The SMILES string of the molecule is COC1C2CCOC2[NH2+]C2C1CCC(O[C@H]1O[C@@H](CO)[C@@H](O)[C@@H](O)[C@H]1O)C2OC. The quantitative estimate of drug-likeness (QED) is 0.313. The van der Waals surface area contributed by atoms with Gasteiger partial charge in [0, 0.05) is 20.1 Å². The van der Waals surface area contributed by atoms with Gasteiger partial charge in [-0.15, -0.1) is 0 Å². The average Bonchev–Trinajstić information content (AvgIpc) is 3.20. The van der Waals surface area contributed by atoms with Gasteiger partial charge in [-0.25, -0.2) is 0 Å². The van der Waals surface area contributed by atoms with Crippen molar-refractivity contribution in [3.8, 4) is 0 Å². The minimum absolute atomic E-state index is 0.0323. The number of nitrogens with two attached hydrogens (primary N) is 1. The number of fused-ring (bicyclic) bond motifs is 2. The summed E-state index contributed by atoms with van der Waals surface area (Å²) in [6.45, 7) is 0.241. The number of rotatable bonds is 5. The lowest BCUT2D eigenvalue weighted by atomic mass is 9.70. The van der Waals surface area contributed by atoms with Gasteiger partial charge in [-0.05, 0) is 19.3 Å². The van der Waals surface area contributed by atoms with Crippen LogP contribution in [0.4, 0.5) is 0 Å². The summed E-state index contributed by atoms with van der Waals surface area (Å²) in [6.07, 6.45) is -4.45. The van der Waals surface area contributed by atoms with E-state index in [9.17, 15) is 20.4 Å². The lowest BCUT2D eigenvalue weighted by Gasteiger charge is -2.49. The molecule has 3 aliphatic heterocycles. The molecule has 29 heavy (non-hydrogen) atoms. The van der Waals surface area contributed by atoms with Crippen LogP contribution in [0, 0.1) is 11.8 Å². The van der Waals surface area contributed by atoms with Crippen LogP contribution in [0.5, 0.6) is 0 Å². The van der Waals surface area contributed by atoms with Crippen LogP contribution in [0.3, 0.4) is 0 Å². The highest BCUT2D eigenvalue weighted by Crippen LogP contribution is 2.40. The van der Waals surface area contributed by atoms with Crippen molar-refractivity contribution in [3.63, 3.8) is 0 Å². The normalized spacial score (nSPS) is 52.8. The van der Waals surface area contributed by atoms with E-state index in [-0.39, 0.29) is 30.6 Å². The molecule has 10 heteroatoms. The van der Waals surface area contributed by atoms with Gasteiger partial charge in [0.05, 0.1) is 31.3 Å². The van der Waals surface area contributed by atoms with E-state index in [0.29, 0.717) is 18.3 Å². The van der Waals surface area contributed by atoms with Gasteiger partial charge in [0.1, 0.15) is 36.6 Å². The van der Waals surface area contributed by atoms with Crippen molar-refractivity contribution in [2.45, 2.75) is 80.5 Å². The van der Waals surface area contributed by atoms with Gasteiger partial charge in [-0.1, -0.05) is 0 Å². The zero-order valence-corrected chi connectivity index (χ0v) is 16.9. The smallest absolute Gasteiger partial charge is 0.195 e. The number of piperidine rings is 1. The maximum Gasteiger partial charge on any atom is 0.195 e. The van der Waals surface area contributed by atoms with E-state index >= 15 is 0 Å². The van der Waals surface area contributed by atoms with Gasteiger partial charge in [-0.3, -0.25) is 0 Å². The Morgan fingerprint density at radius 2 is 1.69 bits per heavy atom. The topological polar surface area (TPSA) is 144 Å². The van der Waals surface area contributed by atoms with Gasteiger partial charge in [0.25, 0.3) is 0 Å². The van der Waals surface area contributed by atoms with Crippen LogP contribution in [0.25, 0.3) is 0 Å². The molecule has 3 saturated heterocycles. The summed E-state index contributed by atoms with van der Waals surface area (Å²) in [5.41, 5.74) is 0. The number of hydrogen-bond donors (Lipinski definition) is 5. The number of quaternary nitrogens is 1. The summed E-state index contributed by atoms with van der Waals surface area (Å²) in [5.74, 6) is 0.657. The van der Waals surface area contributed by atoms with E-state index in [1.54, 1.807) is 14.2 Å². The highest BCUT2D eigenvalue weighted by molar-refractivity contribution is 4.99. The second-order valence-electron chi connectivity index (χ2n) is 8.57. The molecule has 0 amide bonds. The van der Waals surface area contributed by atoms with Gasteiger partial charge >= 0.3 is 0 Å². The van der Waals surface area contributed by atoms with Crippen LogP contribution >= 0.6 is 0 Å². The van der Waals surface area contributed by atoms with Crippen molar-refractivity contribution < 1.29 is 49.4 Å². The van der Waals surface area contributed by atoms with Crippen LogP contribution < -0.4 is 5.32 Å². The molecule has 0 radical (unpaired) electrons. The molecular formula is C19H34NO9+. The molecule has 0 aromatic carbocycles. The number of ether oxygens (including phenoxy) is 5. The maximum atomic E-state index is 10.3. The molecule has 1 saturated carbocycles. The van der Waals surface area contributed by atoms with Crippen molar-refractivity contribution in [3.05, 3.63) is 0 Å². The average molecular weight is 420 g/mol. The molecule has 0 aromatic rings. The largest absolute Gasteiger partial charge is 0.394 e. The third kappa shape index (κ3) is 3.84. The van der Waals surface area contributed by atoms with Gasteiger partial charge in [0.15, 0.2) is 12.5 Å². The first-order valence-electron chi connectivity index (χ1n) is 10.5. The van der Waals surface area contributed by atoms with E-state index in [1.807, 2.05) is 0 Å². The third-order valence-corrected chi connectivity index (χ3v) is 7.17. The van der Waals surface area contributed by atoms with Crippen molar-refractivity contribution in [2.24, 2.45) is 11.8 Å². The van der Waals surface area contributed by atoms with Gasteiger partial charge in [-0.2, -0.15) is 0 Å². The fraction of sp³-hybridized carbons (Fsp3) is 1.00. The molecule has 6 N–H and O–H groups in total. The second-order valence-corrected chi connectivity index (χ2v) is 8.57. The van der Waals surface area contributed by atoms with Crippen LogP contribution in [-0.2, 0) is 23.7 Å². The van der Waals surface area contributed by atoms with Crippen molar-refractivity contribution >= 4 is 0 Å². The number of aliphatic hydroxyl groups is 4. The van der Waals surface area contributed by atoms with E-state index in [2.05, 4.69) is 5.32 Å². The zero-order chi connectivity index (χ0) is 20.7. The molecule has 7 unspecified atom stereocenters. The van der Waals surface area contributed by atoms with Crippen molar-refractivity contribution in [1.29, 1.82) is 0 Å². The molecular weight excluding hydrogens is 386 g/mol. The van der Waals surface area contributed by atoms with E-state index < -0.39 is 37.3 Å². The fourth-order valence-electron chi connectivity index (χ4n) is 5.71. The Kier molecular flexibility index (Phi) is 6.77. The summed E-state index contributed by atoms with van der Waals surface area (Å²) >= 11 is 0. The predicted molar refractivity (Wildman–Crippen MR) is 96.5 cm³/mol. The van der Waals surface area contributed by atoms with E-state index in [1.165, 1.54) is 0 Å². The Balaban J connectivity index is 1.48. The molecule has 4 rings (SSSR count). The molecule has 0 aromatic heterocycles. The Hall–Kier alpha value is -0.400. The lowest BCUT2D eigenvalue weighted by molar-refractivity contribution is -0.783. The van der Waals surface area contributed by atoms with Crippen LogP contribution in [0.1, 0.15) is 19.3 Å². The monoisotopic (exact) mass is 420 g/mol.